The van der Waals surface area contributed by atoms with E-state index in [1.54, 1.807) is 6.26 Å². The monoisotopic (exact) mass is 536 g/mol. The lowest BCUT2D eigenvalue weighted by molar-refractivity contribution is -0.183. The highest BCUT2D eigenvalue weighted by molar-refractivity contribution is 14.0. The lowest BCUT2D eigenvalue weighted by Gasteiger charge is -2.31. The van der Waals surface area contributed by atoms with Gasteiger partial charge >= 0.3 is 6.18 Å². The number of alkyl halides is 3. The van der Waals surface area contributed by atoms with Gasteiger partial charge in [-0.1, -0.05) is 24.1 Å². The molecule has 9 heteroatoms. The minimum absolute atomic E-state index is 0. The average molecular weight is 536 g/mol. The van der Waals surface area contributed by atoms with Crippen molar-refractivity contribution >= 4 is 29.9 Å². The van der Waals surface area contributed by atoms with Crippen molar-refractivity contribution in [2.45, 2.75) is 58.3 Å². The molecule has 1 fully saturated rings. The molecule has 0 saturated heterocycles. The third kappa shape index (κ3) is 6.88. The van der Waals surface area contributed by atoms with Gasteiger partial charge in [-0.2, -0.15) is 13.2 Å². The van der Waals surface area contributed by atoms with Gasteiger partial charge in [0.15, 0.2) is 5.96 Å². The molecule has 2 unspecified atom stereocenters. The van der Waals surface area contributed by atoms with Crippen molar-refractivity contribution in [2.24, 2.45) is 10.9 Å². The van der Waals surface area contributed by atoms with E-state index in [9.17, 15) is 13.2 Å². The average Bonchev–Trinajstić information content (AvgIpc) is 3.15. The molecule has 0 aliphatic heterocycles. The second kappa shape index (κ2) is 11.0. The molecule has 2 atom stereocenters. The van der Waals surface area contributed by atoms with Crippen LogP contribution >= 0.6 is 24.0 Å². The lowest BCUT2D eigenvalue weighted by Crippen LogP contribution is -2.46. The van der Waals surface area contributed by atoms with E-state index in [2.05, 4.69) is 20.6 Å². The van der Waals surface area contributed by atoms with Crippen LogP contribution < -0.4 is 10.6 Å². The summed E-state index contributed by atoms with van der Waals surface area (Å²) < 4.78 is 44.7. The smallest absolute Gasteiger partial charge is 0.391 e. The van der Waals surface area contributed by atoms with E-state index in [0.29, 0.717) is 36.9 Å². The molecule has 2 N–H and O–H groups in total. The van der Waals surface area contributed by atoms with Gasteiger partial charge in [-0.05, 0) is 45.2 Å². The van der Waals surface area contributed by atoms with Crippen LogP contribution in [0.15, 0.2) is 39.9 Å². The van der Waals surface area contributed by atoms with Crippen LogP contribution in [-0.2, 0) is 6.54 Å². The van der Waals surface area contributed by atoms with Crippen LogP contribution in [-0.4, -0.2) is 29.7 Å². The molecule has 30 heavy (non-hydrogen) atoms. The number of nitrogens with zero attached hydrogens (tertiary/aromatic N) is 2. The van der Waals surface area contributed by atoms with Gasteiger partial charge in [-0.3, -0.25) is 0 Å². The van der Waals surface area contributed by atoms with Crippen molar-refractivity contribution in [3.05, 3.63) is 41.8 Å². The van der Waals surface area contributed by atoms with Crippen LogP contribution in [0.1, 0.15) is 43.9 Å². The van der Waals surface area contributed by atoms with E-state index in [4.69, 9.17) is 4.42 Å². The molecule has 1 aromatic heterocycles. The number of hydrogen-bond donors (Lipinski definition) is 2. The van der Waals surface area contributed by atoms with Crippen LogP contribution in [0.4, 0.5) is 13.2 Å². The summed E-state index contributed by atoms with van der Waals surface area (Å²) in [6, 6.07) is 7.62. The van der Waals surface area contributed by atoms with Crippen LogP contribution in [0.2, 0.25) is 0 Å². The Labute approximate surface area is 192 Å². The highest BCUT2D eigenvalue weighted by Crippen LogP contribution is 2.37. The number of aryl methyl sites for hydroxylation is 1. The van der Waals surface area contributed by atoms with Gasteiger partial charge < -0.3 is 15.1 Å². The van der Waals surface area contributed by atoms with Crippen LogP contribution in [0, 0.1) is 12.8 Å². The number of hydrogen-bond acceptors (Lipinski definition) is 3. The van der Waals surface area contributed by atoms with Gasteiger partial charge in [0, 0.05) is 18.2 Å². The molecular formula is C21H28F3IN4O. The predicted molar refractivity (Wildman–Crippen MR) is 122 cm³/mol. The summed E-state index contributed by atoms with van der Waals surface area (Å²) in [5.74, 6) is -0.224. The zero-order chi connectivity index (χ0) is 20.9. The SMILES string of the molecule is CCNC(=NCc1coc(-c2ccc(C)cc2)n1)NC1CCCC(C(F)(F)F)C1.I. The number of nitrogens with one attached hydrogen (secondary N) is 2. The molecule has 0 spiro atoms. The third-order valence-electron chi connectivity index (χ3n) is 5.07. The van der Waals surface area contributed by atoms with Crippen molar-refractivity contribution in [2.75, 3.05) is 6.54 Å². The fourth-order valence-corrected chi connectivity index (χ4v) is 3.50. The minimum Gasteiger partial charge on any atom is -0.444 e. The molecule has 0 amide bonds. The van der Waals surface area contributed by atoms with Gasteiger partial charge in [0.2, 0.25) is 5.89 Å². The first-order valence-corrected chi connectivity index (χ1v) is 9.98. The second-order valence-corrected chi connectivity index (χ2v) is 7.45. The maximum atomic E-state index is 13.0. The van der Waals surface area contributed by atoms with E-state index in [0.717, 1.165) is 11.1 Å². The standard InChI is InChI=1S/C21H27F3N4O.HI/c1-3-25-20(28-17-6-4-5-16(11-17)21(22,23)24)26-12-18-13-29-19(27-18)15-9-7-14(2)8-10-15;/h7-10,13,16-17H,3-6,11-12H2,1-2H3,(H2,25,26,28);1H. The molecule has 5 nitrogen and oxygen atoms in total. The fraction of sp³-hybridized carbons (Fsp3) is 0.524. The molecule has 166 valence electrons. The quantitative estimate of drug-likeness (QED) is 0.304. The van der Waals surface area contributed by atoms with Gasteiger partial charge in [-0.25, -0.2) is 9.98 Å². The number of guanidine groups is 1. The summed E-state index contributed by atoms with van der Waals surface area (Å²) in [4.78, 5) is 8.93. The number of benzene rings is 1. The van der Waals surface area contributed by atoms with Crippen LogP contribution in [0.5, 0.6) is 0 Å². The largest absolute Gasteiger partial charge is 0.444 e. The van der Waals surface area contributed by atoms with Crippen molar-refractivity contribution < 1.29 is 17.6 Å². The topological polar surface area (TPSA) is 62.5 Å². The van der Waals surface area contributed by atoms with Gasteiger partial charge in [0.1, 0.15) is 12.0 Å². The van der Waals surface area contributed by atoms with Crippen molar-refractivity contribution in [3.8, 4) is 11.5 Å². The molecule has 1 aromatic carbocycles. The summed E-state index contributed by atoms with van der Waals surface area (Å²) in [7, 11) is 0. The molecule has 1 aliphatic rings. The Bertz CT molecular complexity index is 820. The highest BCUT2D eigenvalue weighted by atomic mass is 127. The number of aliphatic imine (C=N–C) groups is 1. The van der Waals surface area contributed by atoms with Crippen LogP contribution in [0.25, 0.3) is 11.5 Å². The van der Waals surface area contributed by atoms with E-state index in [-0.39, 0.29) is 49.4 Å². The van der Waals surface area contributed by atoms with Crippen LogP contribution in [0.3, 0.4) is 0 Å². The lowest BCUT2D eigenvalue weighted by atomic mass is 9.85. The maximum absolute atomic E-state index is 13.0. The van der Waals surface area contributed by atoms with Crippen molar-refractivity contribution in [3.63, 3.8) is 0 Å². The summed E-state index contributed by atoms with van der Waals surface area (Å²) in [5, 5.41) is 6.25. The molecule has 0 bridgehead atoms. The Morgan fingerprint density at radius 2 is 1.97 bits per heavy atom. The van der Waals surface area contributed by atoms with E-state index < -0.39 is 12.1 Å². The molecular weight excluding hydrogens is 508 g/mol. The first-order chi connectivity index (χ1) is 13.8. The second-order valence-electron chi connectivity index (χ2n) is 7.45. The number of aromatic nitrogens is 1. The van der Waals surface area contributed by atoms with Gasteiger partial charge in [0.05, 0.1) is 12.5 Å². The van der Waals surface area contributed by atoms with Gasteiger partial charge in [0.25, 0.3) is 0 Å². The molecule has 3 rings (SSSR count). The molecule has 2 aromatic rings. The Balaban J connectivity index is 0.00000320. The van der Waals surface area contributed by atoms with Crippen molar-refractivity contribution in [1.82, 2.24) is 15.6 Å². The normalized spacial score (nSPS) is 19.8. The summed E-state index contributed by atoms with van der Waals surface area (Å²) in [6.07, 6.45) is -1.03. The zero-order valence-electron chi connectivity index (χ0n) is 17.1. The Hall–Kier alpha value is -1.78. The van der Waals surface area contributed by atoms with Crippen molar-refractivity contribution in [1.29, 1.82) is 0 Å². The first kappa shape index (κ1) is 24.5. The van der Waals surface area contributed by atoms with E-state index in [1.807, 2.05) is 38.1 Å². The molecule has 0 radical (unpaired) electrons. The third-order valence-corrected chi connectivity index (χ3v) is 5.07. The Morgan fingerprint density at radius 1 is 1.23 bits per heavy atom. The Kier molecular flexibility index (Phi) is 8.99. The summed E-state index contributed by atoms with van der Waals surface area (Å²) in [5.41, 5.74) is 2.70. The minimum atomic E-state index is -4.14. The number of oxazole rings is 1. The fourth-order valence-electron chi connectivity index (χ4n) is 3.50. The zero-order valence-corrected chi connectivity index (χ0v) is 19.5. The summed E-state index contributed by atoms with van der Waals surface area (Å²) >= 11 is 0. The predicted octanol–water partition coefficient (Wildman–Crippen LogP) is 5.44. The molecule has 1 heterocycles. The number of rotatable bonds is 5. The molecule has 1 saturated carbocycles. The maximum Gasteiger partial charge on any atom is 0.391 e. The first-order valence-electron chi connectivity index (χ1n) is 9.98. The highest BCUT2D eigenvalue weighted by Gasteiger charge is 2.42. The van der Waals surface area contributed by atoms with E-state index >= 15 is 0 Å². The Morgan fingerprint density at radius 3 is 2.63 bits per heavy atom. The number of halogens is 4. The van der Waals surface area contributed by atoms with E-state index in [1.165, 1.54) is 0 Å². The molecule has 1 aliphatic carbocycles. The summed E-state index contributed by atoms with van der Waals surface area (Å²) in [6.45, 7) is 4.83. The van der Waals surface area contributed by atoms with Gasteiger partial charge in [-0.15, -0.1) is 24.0 Å².